The van der Waals surface area contributed by atoms with Crippen molar-refractivity contribution in [3.63, 3.8) is 0 Å². The second-order valence-corrected chi connectivity index (χ2v) is 6.71. The van der Waals surface area contributed by atoms with Crippen LogP contribution >= 0.6 is 0 Å². The van der Waals surface area contributed by atoms with Crippen molar-refractivity contribution in [2.24, 2.45) is 17.6 Å². The van der Waals surface area contributed by atoms with Gasteiger partial charge in [-0.05, 0) is 56.9 Å². The minimum atomic E-state index is 0.328. The predicted molar refractivity (Wildman–Crippen MR) is 74.0 cm³/mol. The normalized spacial score (nSPS) is 38.6. The van der Waals surface area contributed by atoms with Gasteiger partial charge in [0.15, 0.2) is 0 Å². The van der Waals surface area contributed by atoms with Gasteiger partial charge in [-0.2, -0.15) is 0 Å². The molecule has 0 bridgehead atoms. The fourth-order valence-electron chi connectivity index (χ4n) is 4.19. The van der Waals surface area contributed by atoms with Gasteiger partial charge >= 0.3 is 0 Å². The van der Waals surface area contributed by atoms with Crippen LogP contribution in [0.1, 0.15) is 59.3 Å². The lowest BCUT2D eigenvalue weighted by Crippen LogP contribution is -2.58. The van der Waals surface area contributed by atoms with Crippen LogP contribution in [0.3, 0.4) is 0 Å². The average Bonchev–Trinajstić information content (AvgIpc) is 3.08. The van der Waals surface area contributed by atoms with Crippen LogP contribution in [-0.2, 0) is 0 Å². The first-order valence-electron chi connectivity index (χ1n) is 7.58. The van der Waals surface area contributed by atoms with Crippen LogP contribution in [0.15, 0.2) is 0 Å². The molecule has 2 fully saturated rings. The summed E-state index contributed by atoms with van der Waals surface area (Å²) >= 11 is 0. The summed E-state index contributed by atoms with van der Waals surface area (Å²) in [5, 5.41) is 0. The Bertz CT molecular complexity index is 237. The molecule has 0 amide bonds. The van der Waals surface area contributed by atoms with Crippen molar-refractivity contribution in [2.75, 3.05) is 13.1 Å². The Kier molecular flexibility index (Phi) is 4.14. The molecular formula is C15H30N2. The van der Waals surface area contributed by atoms with Gasteiger partial charge in [0.2, 0.25) is 0 Å². The summed E-state index contributed by atoms with van der Waals surface area (Å²) in [4.78, 5) is 2.79. The minimum Gasteiger partial charge on any atom is -0.329 e. The average molecular weight is 238 g/mol. The lowest BCUT2D eigenvalue weighted by atomic mass is 9.70. The van der Waals surface area contributed by atoms with Crippen molar-refractivity contribution in [3.8, 4) is 0 Å². The number of nitrogens with zero attached hydrogens (tertiary/aromatic N) is 1. The first-order chi connectivity index (χ1) is 8.11. The van der Waals surface area contributed by atoms with Gasteiger partial charge in [-0.1, -0.05) is 20.8 Å². The van der Waals surface area contributed by atoms with Crippen molar-refractivity contribution in [1.82, 2.24) is 4.90 Å². The zero-order valence-corrected chi connectivity index (χ0v) is 11.9. The van der Waals surface area contributed by atoms with Gasteiger partial charge in [0.1, 0.15) is 0 Å². The van der Waals surface area contributed by atoms with Crippen molar-refractivity contribution in [3.05, 3.63) is 0 Å². The molecule has 2 heteroatoms. The highest BCUT2D eigenvalue weighted by atomic mass is 15.3. The zero-order valence-electron chi connectivity index (χ0n) is 11.9. The zero-order chi connectivity index (χ0) is 12.5. The molecule has 2 aliphatic carbocycles. The van der Waals surface area contributed by atoms with E-state index in [1.54, 1.807) is 0 Å². The Labute approximate surface area is 107 Å². The fourth-order valence-corrected chi connectivity index (χ4v) is 4.19. The van der Waals surface area contributed by atoms with E-state index in [9.17, 15) is 0 Å². The van der Waals surface area contributed by atoms with Gasteiger partial charge in [0.25, 0.3) is 0 Å². The third kappa shape index (κ3) is 2.85. The van der Waals surface area contributed by atoms with Crippen LogP contribution in [0.25, 0.3) is 0 Å². The van der Waals surface area contributed by atoms with E-state index in [0.29, 0.717) is 5.54 Å². The van der Waals surface area contributed by atoms with Crippen molar-refractivity contribution < 1.29 is 0 Å². The Morgan fingerprint density at radius 1 is 1.18 bits per heavy atom. The molecule has 0 heterocycles. The summed E-state index contributed by atoms with van der Waals surface area (Å²) in [5.41, 5.74) is 6.55. The summed E-state index contributed by atoms with van der Waals surface area (Å²) in [5.74, 6) is 1.70. The molecule has 0 radical (unpaired) electrons. The summed E-state index contributed by atoms with van der Waals surface area (Å²) < 4.78 is 0. The Hall–Kier alpha value is -0.0800. The van der Waals surface area contributed by atoms with Crippen LogP contribution in [0.2, 0.25) is 0 Å². The monoisotopic (exact) mass is 238 g/mol. The Morgan fingerprint density at radius 3 is 2.18 bits per heavy atom. The SMILES string of the molecule is CCCN(C1CC1)C1(CN)CC(C)CC(C)C1. The molecule has 2 saturated carbocycles. The minimum absolute atomic E-state index is 0.328. The van der Waals surface area contributed by atoms with E-state index in [0.717, 1.165) is 24.4 Å². The van der Waals surface area contributed by atoms with Gasteiger partial charge < -0.3 is 5.73 Å². The molecule has 2 rings (SSSR count). The molecule has 0 aromatic heterocycles. The van der Waals surface area contributed by atoms with E-state index < -0.39 is 0 Å². The lowest BCUT2D eigenvalue weighted by molar-refractivity contribution is 0.0129. The highest BCUT2D eigenvalue weighted by Gasteiger charge is 2.46. The van der Waals surface area contributed by atoms with Crippen LogP contribution in [-0.4, -0.2) is 29.6 Å². The van der Waals surface area contributed by atoms with Crippen molar-refractivity contribution in [1.29, 1.82) is 0 Å². The number of hydrogen-bond acceptors (Lipinski definition) is 2. The predicted octanol–water partition coefficient (Wildman–Crippen LogP) is 3.01. The highest BCUT2D eigenvalue weighted by molar-refractivity contribution is 5.02. The Balaban J connectivity index is 2.14. The molecule has 2 atom stereocenters. The van der Waals surface area contributed by atoms with E-state index in [2.05, 4.69) is 25.7 Å². The van der Waals surface area contributed by atoms with Crippen LogP contribution in [0.4, 0.5) is 0 Å². The maximum atomic E-state index is 6.22. The second-order valence-electron chi connectivity index (χ2n) is 6.71. The third-order valence-electron chi connectivity index (χ3n) is 4.70. The van der Waals surface area contributed by atoms with Gasteiger partial charge in [0.05, 0.1) is 0 Å². The molecule has 0 saturated heterocycles. The smallest absolute Gasteiger partial charge is 0.0339 e. The number of nitrogens with two attached hydrogens (primary N) is 1. The molecule has 0 aromatic carbocycles. The van der Waals surface area contributed by atoms with Crippen molar-refractivity contribution in [2.45, 2.75) is 70.9 Å². The summed E-state index contributed by atoms with van der Waals surface area (Å²) in [6.45, 7) is 9.24. The van der Waals surface area contributed by atoms with E-state index in [-0.39, 0.29) is 0 Å². The quantitative estimate of drug-likeness (QED) is 0.798. The molecule has 0 aromatic rings. The van der Waals surface area contributed by atoms with Gasteiger partial charge in [-0.15, -0.1) is 0 Å². The topological polar surface area (TPSA) is 29.3 Å². The molecule has 2 N–H and O–H groups in total. The van der Waals surface area contributed by atoms with Crippen LogP contribution in [0, 0.1) is 11.8 Å². The van der Waals surface area contributed by atoms with Gasteiger partial charge in [-0.3, -0.25) is 4.90 Å². The molecule has 0 spiro atoms. The van der Waals surface area contributed by atoms with E-state index in [1.165, 1.54) is 45.1 Å². The molecule has 2 nitrogen and oxygen atoms in total. The molecular weight excluding hydrogens is 208 g/mol. The summed E-state index contributed by atoms with van der Waals surface area (Å²) in [7, 11) is 0. The summed E-state index contributed by atoms with van der Waals surface area (Å²) in [6, 6.07) is 0.857. The summed E-state index contributed by atoms with van der Waals surface area (Å²) in [6.07, 6.45) is 8.12. The molecule has 100 valence electrons. The maximum Gasteiger partial charge on any atom is 0.0339 e. The molecule has 0 aliphatic heterocycles. The van der Waals surface area contributed by atoms with E-state index in [1.807, 2.05) is 0 Å². The van der Waals surface area contributed by atoms with Crippen LogP contribution in [0.5, 0.6) is 0 Å². The second kappa shape index (κ2) is 5.27. The first kappa shape index (κ1) is 13.4. The fraction of sp³-hybridized carbons (Fsp3) is 1.00. The highest BCUT2D eigenvalue weighted by Crippen LogP contribution is 2.44. The van der Waals surface area contributed by atoms with E-state index in [4.69, 9.17) is 5.73 Å². The van der Waals surface area contributed by atoms with Crippen molar-refractivity contribution >= 4 is 0 Å². The number of rotatable bonds is 5. The van der Waals surface area contributed by atoms with Gasteiger partial charge in [0, 0.05) is 18.1 Å². The van der Waals surface area contributed by atoms with E-state index >= 15 is 0 Å². The third-order valence-corrected chi connectivity index (χ3v) is 4.70. The molecule has 17 heavy (non-hydrogen) atoms. The molecule has 2 aliphatic rings. The maximum absolute atomic E-state index is 6.22. The standard InChI is InChI=1S/C15H30N2/c1-4-7-17(14-5-6-14)15(11-16)9-12(2)8-13(3)10-15/h12-14H,4-11,16H2,1-3H3. The first-order valence-corrected chi connectivity index (χ1v) is 7.58. The molecule has 2 unspecified atom stereocenters. The lowest BCUT2D eigenvalue weighted by Gasteiger charge is -2.50. The van der Waals surface area contributed by atoms with Gasteiger partial charge in [-0.25, -0.2) is 0 Å². The Morgan fingerprint density at radius 2 is 1.76 bits per heavy atom. The van der Waals surface area contributed by atoms with Crippen LogP contribution < -0.4 is 5.73 Å². The number of hydrogen-bond donors (Lipinski definition) is 1. The largest absolute Gasteiger partial charge is 0.329 e.